The summed E-state index contributed by atoms with van der Waals surface area (Å²) in [5, 5.41) is 2.80. The zero-order chi connectivity index (χ0) is 17.0. The Bertz CT molecular complexity index is 313. The van der Waals surface area contributed by atoms with Gasteiger partial charge < -0.3 is 5.32 Å². The summed E-state index contributed by atoms with van der Waals surface area (Å²) in [5.74, 6) is 0.629. The Hall–Kier alpha value is -0.760. The monoisotopic (exact) mass is 341 g/mol. The highest BCUT2D eigenvalue weighted by atomic mass is 35.5. The molecule has 2 nitrogen and oxygen atoms in total. The van der Waals surface area contributed by atoms with Crippen molar-refractivity contribution in [3.05, 3.63) is 24.3 Å². The molecule has 0 aromatic rings. The maximum absolute atomic E-state index is 11.4. The van der Waals surface area contributed by atoms with Crippen LogP contribution in [-0.2, 0) is 4.79 Å². The molecule has 0 unspecified atom stereocenters. The van der Waals surface area contributed by atoms with E-state index >= 15 is 0 Å². The third-order valence-corrected chi connectivity index (χ3v) is 3.96. The van der Waals surface area contributed by atoms with Gasteiger partial charge in [-0.25, -0.2) is 0 Å². The quantitative estimate of drug-likeness (QED) is 0.203. The molecule has 0 rings (SSSR count). The van der Waals surface area contributed by atoms with Gasteiger partial charge in [-0.15, -0.1) is 11.6 Å². The lowest BCUT2D eigenvalue weighted by Crippen LogP contribution is -2.24. The van der Waals surface area contributed by atoms with E-state index in [1.807, 2.05) is 0 Å². The van der Waals surface area contributed by atoms with Crippen molar-refractivity contribution in [3.63, 3.8) is 0 Å². The summed E-state index contributed by atoms with van der Waals surface area (Å²) in [4.78, 5) is 11.4. The molecule has 23 heavy (non-hydrogen) atoms. The molecule has 1 amide bonds. The van der Waals surface area contributed by atoms with Crippen LogP contribution < -0.4 is 5.32 Å². The van der Waals surface area contributed by atoms with E-state index in [9.17, 15) is 4.79 Å². The molecule has 0 aromatic heterocycles. The molecule has 3 heteroatoms. The van der Waals surface area contributed by atoms with Gasteiger partial charge in [-0.2, -0.15) is 0 Å². The minimum absolute atomic E-state index is 0.135. The molecule has 0 atom stereocenters. The van der Waals surface area contributed by atoms with Gasteiger partial charge in [-0.3, -0.25) is 4.79 Å². The number of rotatable bonds is 16. The van der Waals surface area contributed by atoms with Crippen molar-refractivity contribution in [2.24, 2.45) is 0 Å². The van der Waals surface area contributed by atoms with Crippen molar-refractivity contribution >= 4 is 17.5 Å². The van der Waals surface area contributed by atoms with E-state index in [4.69, 9.17) is 11.6 Å². The Morgan fingerprint density at radius 2 is 1.48 bits per heavy atom. The van der Waals surface area contributed by atoms with Gasteiger partial charge in [0.05, 0.1) is 0 Å². The van der Waals surface area contributed by atoms with Gasteiger partial charge in [-0.1, -0.05) is 63.3 Å². The van der Waals surface area contributed by atoms with Crippen LogP contribution in [0.25, 0.3) is 0 Å². The zero-order valence-corrected chi connectivity index (χ0v) is 15.8. The van der Waals surface area contributed by atoms with Crippen molar-refractivity contribution in [1.82, 2.24) is 5.32 Å². The third kappa shape index (κ3) is 19.2. The first-order chi connectivity index (χ1) is 11.3. The van der Waals surface area contributed by atoms with Crippen LogP contribution in [0.2, 0.25) is 0 Å². The lowest BCUT2D eigenvalue weighted by atomic mass is 10.1. The van der Waals surface area contributed by atoms with E-state index in [0.29, 0.717) is 18.8 Å². The number of hydrogen-bond donors (Lipinski definition) is 1. The molecule has 0 radical (unpaired) electrons. The molecule has 0 saturated heterocycles. The predicted octanol–water partition coefficient (Wildman–Crippen LogP) is 6.15. The molecule has 0 heterocycles. The maximum atomic E-state index is 11.4. The Kier molecular flexibility index (Phi) is 18.6. The highest BCUT2D eigenvalue weighted by molar-refractivity contribution is 6.18. The predicted molar refractivity (Wildman–Crippen MR) is 103 cm³/mol. The van der Waals surface area contributed by atoms with Crippen molar-refractivity contribution in [2.45, 2.75) is 84.0 Å². The van der Waals surface area contributed by atoms with E-state index in [2.05, 4.69) is 36.5 Å². The number of unbranched alkanes of at least 4 members (excludes halogenated alkanes) is 8. The van der Waals surface area contributed by atoms with Gasteiger partial charge in [0.1, 0.15) is 0 Å². The minimum Gasteiger partial charge on any atom is -0.355 e. The molecular formula is C20H36ClNO. The van der Waals surface area contributed by atoms with E-state index in [0.717, 1.165) is 19.3 Å². The van der Waals surface area contributed by atoms with E-state index in [1.165, 1.54) is 51.4 Å². The number of halogens is 1. The van der Waals surface area contributed by atoms with Crippen LogP contribution in [0.5, 0.6) is 0 Å². The average molecular weight is 342 g/mol. The molecular weight excluding hydrogens is 306 g/mol. The molecule has 0 aliphatic heterocycles. The fraction of sp³-hybridized carbons (Fsp3) is 0.750. The number of hydrogen-bond acceptors (Lipinski definition) is 1. The van der Waals surface area contributed by atoms with Gasteiger partial charge in [0.15, 0.2) is 0 Å². The Morgan fingerprint density at radius 1 is 0.870 bits per heavy atom. The summed E-state index contributed by atoms with van der Waals surface area (Å²) in [7, 11) is 0. The lowest BCUT2D eigenvalue weighted by Gasteiger charge is -2.02. The van der Waals surface area contributed by atoms with E-state index in [1.54, 1.807) is 0 Å². The summed E-state index contributed by atoms with van der Waals surface area (Å²) >= 11 is 5.52. The summed E-state index contributed by atoms with van der Waals surface area (Å²) < 4.78 is 0. The zero-order valence-electron chi connectivity index (χ0n) is 15.0. The number of nitrogens with one attached hydrogen (secondary N) is 1. The number of carbonyl (C=O) groups is 1. The molecule has 0 aliphatic rings. The van der Waals surface area contributed by atoms with Crippen molar-refractivity contribution in [1.29, 1.82) is 0 Å². The fourth-order valence-electron chi connectivity index (χ4n) is 2.37. The van der Waals surface area contributed by atoms with Crippen LogP contribution >= 0.6 is 11.6 Å². The van der Waals surface area contributed by atoms with Gasteiger partial charge in [0.2, 0.25) is 5.91 Å². The normalized spacial score (nSPS) is 11.6. The smallest absolute Gasteiger partial charge is 0.220 e. The molecule has 0 fully saturated rings. The van der Waals surface area contributed by atoms with Gasteiger partial charge in [0, 0.05) is 18.8 Å². The number of carbonyl (C=O) groups excluding carboxylic acids is 1. The molecule has 0 bridgehead atoms. The summed E-state index contributed by atoms with van der Waals surface area (Å²) in [5.41, 5.74) is 0. The Balaban J connectivity index is 3.23. The van der Waals surface area contributed by atoms with Crippen LogP contribution in [0.4, 0.5) is 0 Å². The summed E-state index contributed by atoms with van der Waals surface area (Å²) in [6.45, 7) is 2.83. The minimum atomic E-state index is 0.135. The van der Waals surface area contributed by atoms with Crippen LogP contribution in [0.3, 0.4) is 0 Å². The van der Waals surface area contributed by atoms with Crippen LogP contribution in [0.1, 0.15) is 84.0 Å². The molecule has 134 valence electrons. The van der Waals surface area contributed by atoms with E-state index < -0.39 is 0 Å². The highest BCUT2D eigenvalue weighted by Crippen LogP contribution is 2.08. The van der Waals surface area contributed by atoms with Crippen molar-refractivity contribution < 1.29 is 4.79 Å². The average Bonchev–Trinajstić information content (AvgIpc) is 2.56. The maximum Gasteiger partial charge on any atom is 0.220 e. The number of allylic oxidation sites excluding steroid dienone is 4. The standard InChI is InChI=1S/C20H36ClNO/c1-2-3-4-5-6-7-8-9-10-11-12-13-14-15-16-17-20(23)22-19-18-21/h6-7,9-10H,2-5,8,11-19H2,1H3,(H,22,23)/b7-6-,10-9-. The SMILES string of the molecule is CCCCC/C=C\C/C=C\CCCCCCCC(=O)NCCCl. The molecule has 1 N–H and O–H groups in total. The molecule has 0 aliphatic carbocycles. The van der Waals surface area contributed by atoms with E-state index in [-0.39, 0.29) is 5.91 Å². The van der Waals surface area contributed by atoms with Crippen LogP contribution in [0, 0.1) is 0 Å². The number of alkyl halides is 1. The van der Waals surface area contributed by atoms with Crippen molar-refractivity contribution in [2.75, 3.05) is 12.4 Å². The van der Waals surface area contributed by atoms with Gasteiger partial charge in [0.25, 0.3) is 0 Å². The third-order valence-electron chi connectivity index (χ3n) is 3.77. The second-order valence-electron chi connectivity index (χ2n) is 6.02. The van der Waals surface area contributed by atoms with Gasteiger partial charge >= 0.3 is 0 Å². The second-order valence-corrected chi connectivity index (χ2v) is 6.40. The summed E-state index contributed by atoms with van der Waals surface area (Å²) in [6.07, 6.45) is 23.2. The van der Waals surface area contributed by atoms with Crippen LogP contribution in [-0.4, -0.2) is 18.3 Å². The Morgan fingerprint density at radius 3 is 2.13 bits per heavy atom. The molecule has 0 saturated carbocycles. The second kappa shape index (κ2) is 19.3. The lowest BCUT2D eigenvalue weighted by molar-refractivity contribution is -0.121. The first-order valence-electron chi connectivity index (χ1n) is 9.44. The largest absolute Gasteiger partial charge is 0.355 e. The Labute approximate surface area is 148 Å². The van der Waals surface area contributed by atoms with Crippen LogP contribution in [0.15, 0.2) is 24.3 Å². The van der Waals surface area contributed by atoms with Crippen molar-refractivity contribution in [3.8, 4) is 0 Å². The van der Waals surface area contributed by atoms with Gasteiger partial charge in [-0.05, 0) is 38.5 Å². The molecule has 0 aromatic carbocycles. The number of amides is 1. The summed E-state index contributed by atoms with van der Waals surface area (Å²) in [6, 6.07) is 0. The molecule has 0 spiro atoms. The fourth-order valence-corrected chi connectivity index (χ4v) is 2.47. The first-order valence-corrected chi connectivity index (χ1v) is 9.97. The first kappa shape index (κ1) is 22.2. The topological polar surface area (TPSA) is 29.1 Å². The highest BCUT2D eigenvalue weighted by Gasteiger charge is 1.99.